The minimum atomic E-state index is -0.0905. The summed E-state index contributed by atoms with van der Waals surface area (Å²) in [6, 6.07) is 8.06. The van der Waals surface area contributed by atoms with E-state index in [1.807, 2.05) is 31.2 Å². The van der Waals surface area contributed by atoms with Crippen LogP contribution in [0.5, 0.6) is 0 Å². The fourth-order valence-electron chi connectivity index (χ4n) is 2.74. The number of para-hydroxylation sites is 2. The van der Waals surface area contributed by atoms with Crippen LogP contribution in [0.25, 0.3) is 0 Å². The number of carbonyl (C=O) groups is 1. The molecule has 2 heterocycles. The van der Waals surface area contributed by atoms with Gasteiger partial charge in [-0.1, -0.05) is 30.4 Å². The highest BCUT2D eigenvalue weighted by atomic mass is 32.1. The summed E-state index contributed by atoms with van der Waals surface area (Å²) in [5, 5.41) is 15.9. The van der Waals surface area contributed by atoms with Crippen molar-refractivity contribution in [1.82, 2.24) is 10.2 Å². The maximum atomic E-state index is 12.4. The number of aromatic nitrogens is 2. The Hall–Kier alpha value is -2.15. The van der Waals surface area contributed by atoms with Crippen LogP contribution in [0, 0.1) is 0 Å². The molecule has 2 N–H and O–H groups in total. The minimum Gasteiger partial charge on any atom is -0.377 e. The van der Waals surface area contributed by atoms with E-state index in [1.165, 1.54) is 11.3 Å². The van der Waals surface area contributed by atoms with Gasteiger partial charge < -0.3 is 10.2 Å². The number of amides is 1. The SMILES string of the molecule is CCc1nnc(NC(=O)CN2CC(C)(C)Nc3ccccc32)s1. The van der Waals surface area contributed by atoms with E-state index in [0.29, 0.717) is 11.7 Å². The summed E-state index contributed by atoms with van der Waals surface area (Å²) in [4.78, 5) is 14.5. The molecule has 23 heavy (non-hydrogen) atoms. The van der Waals surface area contributed by atoms with Gasteiger partial charge in [0, 0.05) is 12.1 Å². The highest BCUT2D eigenvalue weighted by molar-refractivity contribution is 7.15. The van der Waals surface area contributed by atoms with E-state index in [0.717, 1.165) is 29.3 Å². The van der Waals surface area contributed by atoms with Crippen molar-refractivity contribution < 1.29 is 4.79 Å². The number of hydrogen-bond donors (Lipinski definition) is 2. The molecule has 6 nitrogen and oxygen atoms in total. The molecule has 1 aliphatic rings. The molecule has 0 unspecified atom stereocenters. The zero-order valence-corrected chi connectivity index (χ0v) is 14.4. The molecule has 3 rings (SSSR count). The molecule has 7 heteroatoms. The second-order valence-electron chi connectivity index (χ2n) is 6.28. The molecule has 0 atom stereocenters. The van der Waals surface area contributed by atoms with Gasteiger partial charge in [0.1, 0.15) is 5.01 Å². The van der Waals surface area contributed by atoms with Gasteiger partial charge in [0.2, 0.25) is 11.0 Å². The molecule has 1 aromatic carbocycles. The van der Waals surface area contributed by atoms with E-state index in [9.17, 15) is 4.79 Å². The molecule has 0 bridgehead atoms. The van der Waals surface area contributed by atoms with Gasteiger partial charge >= 0.3 is 0 Å². The molecule has 0 aliphatic carbocycles. The lowest BCUT2D eigenvalue weighted by Gasteiger charge is -2.41. The minimum absolute atomic E-state index is 0.0729. The van der Waals surface area contributed by atoms with Crippen molar-refractivity contribution in [3.05, 3.63) is 29.3 Å². The second kappa shape index (κ2) is 6.16. The summed E-state index contributed by atoms with van der Waals surface area (Å²) >= 11 is 1.42. The molecular formula is C16H21N5OS. The van der Waals surface area contributed by atoms with E-state index in [2.05, 4.69) is 39.6 Å². The number of nitrogens with zero attached hydrogens (tertiary/aromatic N) is 3. The molecule has 1 aliphatic heterocycles. The lowest BCUT2D eigenvalue weighted by atomic mass is 9.99. The molecule has 0 radical (unpaired) electrons. The van der Waals surface area contributed by atoms with Crippen molar-refractivity contribution in [2.75, 3.05) is 28.6 Å². The summed E-state index contributed by atoms with van der Waals surface area (Å²) in [6.07, 6.45) is 0.826. The Kier molecular flexibility index (Phi) is 4.21. The van der Waals surface area contributed by atoms with Crippen LogP contribution in [0.2, 0.25) is 0 Å². The van der Waals surface area contributed by atoms with Crippen LogP contribution >= 0.6 is 11.3 Å². The summed E-state index contributed by atoms with van der Waals surface area (Å²) in [6.45, 7) is 7.33. The molecule has 0 spiro atoms. The van der Waals surface area contributed by atoms with Gasteiger partial charge in [-0.15, -0.1) is 10.2 Å². The van der Waals surface area contributed by atoms with Crippen molar-refractivity contribution in [3.63, 3.8) is 0 Å². The summed E-state index contributed by atoms with van der Waals surface area (Å²) in [7, 11) is 0. The maximum Gasteiger partial charge on any atom is 0.245 e. The topological polar surface area (TPSA) is 70.2 Å². The van der Waals surface area contributed by atoms with Crippen LogP contribution in [-0.4, -0.2) is 34.7 Å². The zero-order valence-electron chi connectivity index (χ0n) is 13.6. The third-order valence-electron chi connectivity index (χ3n) is 3.65. The third kappa shape index (κ3) is 3.61. The highest BCUT2D eigenvalue weighted by Gasteiger charge is 2.30. The van der Waals surface area contributed by atoms with Gasteiger partial charge in [-0.25, -0.2) is 0 Å². The number of fused-ring (bicyclic) bond motifs is 1. The third-order valence-corrected chi connectivity index (χ3v) is 4.64. The van der Waals surface area contributed by atoms with Crippen LogP contribution in [0.1, 0.15) is 25.8 Å². The lowest BCUT2D eigenvalue weighted by molar-refractivity contribution is -0.115. The number of nitrogens with one attached hydrogen (secondary N) is 2. The summed E-state index contributed by atoms with van der Waals surface area (Å²) in [5.74, 6) is -0.0729. The summed E-state index contributed by atoms with van der Waals surface area (Å²) < 4.78 is 0. The molecule has 1 aromatic heterocycles. The first-order chi connectivity index (χ1) is 11.0. The predicted molar refractivity (Wildman–Crippen MR) is 94.3 cm³/mol. The van der Waals surface area contributed by atoms with Gasteiger partial charge in [0.15, 0.2) is 0 Å². The van der Waals surface area contributed by atoms with Crippen molar-refractivity contribution in [3.8, 4) is 0 Å². The lowest BCUT2D eigenvalue weighted by Crippen LogP contribution is -2.50. The number of aryl methyl sites for hydroxylation is 1. The Morgan fingerprint density at radius 3 is 2.91 bits per heavy atom. The Labute approximate surface area is 139 Å². The maximum absolute atomic E-state index is 12.4. The number of benzene rings is 1. The quantitative estimate of drug-likeness (QED) is 0.901. The molecular weight excluding hydrogens is 310 g/mol. The van der Waals surface area contributed by atoms with Crippen molar-refractivity contribution in [2.45, 2.75) is 32.7 Å². The van der Waals surface area contributed by atoms with E-state index >= 15 is 0 Å². The van der Waals surface area contributed by atoms with E-state index in [1.54, 1.807) is 0 Å². The first kappa shape index (κ1) is 15.7. The molecule has 2 aromatic rings. The van der Waals surface area contributed by atoms with Gasteiger partial charge in [-0.3, -0.25) is 10.1 Å². The fraction of sp³-hybridized carbons (Fsp3) is 0.438. The fourth-order valence-corrected chi connectivity index (χ4v) is 3.44. The number of rotatable bonds is 4. The Balaban J connectivity index is 1.72. The Bertz CT molecular complexity index is 712. The predicted octanol–water partition coefficient (Wildman–Crippen LogP) is 2.75. The Morgan fingerprint density at radius 2 is 2.17 bits per heavy atom. The smallest absolute Gasteiger partial charge is 0.245 e. The van der Waals surface area contributed by atoms with Gasteiger partial charge in [-0.2, -0.15) is 0 Å². The average Bonchev–Trinajstić information content (AvgIpc) is 2.93. The average molecular weight is 331 g/mol. The van der Waals surface area contributed by atoms with E-state index in [-0.39, 0.29) is 11.4 Å². The molecule has 0 fully saturated rings. The second-order valence-corrected chi connectivity index (χ2v) is 7.35. The van der Waals surface area contributed by atoms with Gasteiger partial charge in [0.05, 0.1) is 17.9 Å². The van der Waals surface area contributed by atoms with Crippen LogP contribution in [0.4, 0.5) is 16.5 Å². The Morgan fingerprint density at radius 1 is 1.39 bits per heavy atom. The van der Waals surface area contributed by atoms with Gasteiger partial charge in [-0.05, 0) is 32.4 Å². The number of hydrogen-bond acceptors (Lipinski definition) is 6. The largest absolute Gasteiger partial charge is 0.377 e. The monoisotopic (exact) mass is 331 g/mol. The number of carbonyl (C=O) groups excluding carboxylic acids is 1. The summed E-state index contributed by atoms with van der Waals surface area (Å²) in [5.41, 5.74) is 2.02. The normalized spacial score (nSPS) is 15.7. The van der Waals surface area contributed by atoms with E-state index in [4.69, 9.17) is 0 Å². The highest BCUT2D eigenvalue weighted by Crippen LogP contribution is 2.33. The zero-order chi connectivity index (χ0) is 16.4. The molecule has 1 amide bonds. The van der Waals surface area contributed by atoms with Crippen LogP contribution < -0.4 is 15.5 Å². The van der Waals surface area contributed by atoms with Crippen LogP contribution in [-0.2, 0) is 11.2 Å². The van der Waals surface area contributed by atoms with Crippen LogP contribution in [0.3, 0.4) is 0 Å². The molecule has 0 saturated heterocycles. The standard InChI is InChI=1S/C16H21N5OS/c1-4-14-19-20-15(23-14)17-13(22)9-21-10-16(2,3)18-11-7-5-6-8-12(11)21/h5-8,18H,4,9-10H2,1-3H3,(H,17,20,22). The van der Waals surface area contributed by atoms with E-state index < -0.39 is 0 Å². The van der Waals surface area contributed by atoms with Crippen LogP contribution in [0.15, 0.2) is 24.3 Å². The van der Waals surface area contributed by atoms with Crippen molar-refractivity contribution in [1.29, 1.82) is 0 Å². The van der Waals surface area contributed by atoms with Crippen molar-refractivity contribution >= 4 is 33.8 Å². The first-order valence-corrected chi connectivity index (χ1v) is 8.53. The molecule has 0 saturated carbocycles. The number of anilines is 3. The first-order valence-electron chi connectivity index (χ1n) is 7.71. The van der Waals surface area contributed by atoms with Crippen molar-refractivity contribution in [2.24, 2.45) is 0 Å². The van der Waals surface area contributed by atoms with Gasteiger partial charge in [0.25, 0.3) is 0 Å². The molecule has 122 valence electrons.